The zero-order valence-electron chi connectivity index (χ0n) is 14.9. The second-order valence-electron chi connectivity index (χ2n) is 6.96. The van der Waals surface area contributed by atoms with Gasteiger partial charge in [0, 0.05) is 23.2 Å². The number of nitrogens with zero attached hydrogens (tertiary/aromatic N) is 3. The number of hydrogen-bond donors (Lipinski definition) is 0. The van der Waals surface area contributed by atoms with Gasteiger partial charge in [-0.05, 0) is 55.0 Å². The maximum Gasteiger partial charge on any atom is 0.289 e. The first kappa shape index (κ1) is 16.4. The van der Waals surface area contributed by atoms with Gasteiger partial charge in [-0.15, -0.1) is 11.3 Å². The highest BCUT2D eigenvalue weighted by atomic mass is 32.1. The van der Waals surface area contributed by atoms with E-state index < -0.39 is 0 Å². The van der Waals surface area contributed by atoms with E-state index in [9.17, 15) is 4.79 Å². The first-order valence-electron chi connectivity index (χ1n) is 9.31. The molecule has 0 saturated heterocycles. The number of hydrogen-bond acceptors (Lipinski definition) is 3. The molecule has 2 aliphatic heterocycles. The Bertz CT molecular complexity index is 1020. The monoisotopic (exact) mass is 373 g/mol. The van der Waals surface area contributed by atoms with Crippen LogP contribution in [-0.4, -0.2) is 22.5 Å². The number of fused-ring (bicyclic) bond motifs is 3. The van der Waals surface area contributed by atoms with E-state index in [-0.39, 0.29) is 5.91 Å². The van der Waals surface area contributed by atoms with Crippen LogP contribution in [0.4, 0.5) is 0 Å². The molecule has 27 heavy (non-hydrogen) atoms. The molecule has 4 nitrogen and oxygen atoms in total. The molecule has 0 N–H and O–H groups in total. The fourth-order valence-corrected chi connectivity index (χ4v) is 4.90. The van der Waals surface area contributed by atoms with Gasteiger partial charge in [0.05, 0.1) is 4.88 Å². The lowest BCUT2D eigenvalue weighted by atomic mass is 9.99. The van der Waals surface area contributed by atoms with Crippen molar-refractivity contribution in [2.45, 2.75) is 32.2 Å². The van der Waals surface area contributed by atoms with Gasteiger partial charge in [-0.1, -0.05) is 30.3 Å². The smallest absolute Gasteiger partial charge is 0.289 e. The number of allylic oxidation sites excluding steroid dienone is 2. The summed E-state index contributed by atoms with van der Waals surface area (Å²) in [7, 11) is 0. The van der Waals surface area contributed by atoms with E-state index in [2.05, 4.69) is 16.0 Å². The van der Waals surface area contributed by atoms with Gasteiger partial charge >= 0.3 is 0 Å². The SMILES string of the molecule is O=C(N=C1N=C2C=CC=CN2Cc2ccccc21)c1cc2c(s1)CCCC2. The molecule has 134 valence electrons. The molecule has 0 fully saturated rings. The van der Waals surface area contributed by atoms with E-state index in [0.29, 0.717) is 5.84 Å². The maximum atomic E-state index is 12.9. The molecule has 0 radical (unpaired) electrons. The highest BCUT2D eigenvalue weighted by Gasteiger charge is 2.22. The molecule has 3 heterocycles. The van der Waals surface area contributed by atoms with Crippen LogP contribution in [0.1, 0.15) is 44.1 Å². The number of benzene rings is 1. The molecule has 0 atom stereocenters. The number of aryl methyl sites for hydroxylation is 2. The van der Waals surface area contributed by atoms with Gasteiger partial charge < -0.3 is 4.90 Å². The molecule has 5 heteroatoms. The predicted molar refractivity (Wildman–Crippen MR) is 110 cm³/mol. The molecular formula is C22H19N3OS. The van der Waals surface area contributed by atoms with Gasteiger partial charge in [0.2, 0.25) is 0 Å². The third-order valence-electron chi connectivity index (χ3n) is 5.15. The van der Waals surface area contributed by atoms with Crippen LogP contribution in [0.5, 0.6) is 0 Å². The number of thiophene rings is 1. The Morgan fingerprint density at radius 1 is 1.11 bits per heavy atom. The number of amidine groups is 2. The van der Waals surface area contributed by atoms with Crippen molar-refractivity contribution in [2.24, 2.45) is 9.98 Å². The minimum atomic E-state index is -0.188. The summed E-state index contributed by atoms with van der Waals surface area (Å²) in [6.07, 6.45) is 12.5. The number of aliphatic imine (C=N–C) groups is 2. The number of carbonyl (C=O) groups excluding carboxylic acids is 1. The summed E-state index contributed by atoms with van der Waals surface area (Å²) >= 11 is 1.60. The topological polar surface area (TPSA) is 45.0 Å². The number of carbonyl (C=O) groups is 1. The van der Waals surface area contributed by atoms with Crippen LogP contribution < -0.4 is 0 Å². The van der Waals surface area contributed by atoms with Crippen LogP contribution in [0.2, 0.25) is 0 Å². The van der Waals surface area contributed by atoms with Crippen molar-refractivity contribution in [1.82, 2.24) is 4.90 Å². The standard InChI is InChI=1S/C22H19N3OS/c26-22(19-13-15-7-2-4-10-18(15)27-19)24-21-17-9-3-1-8-16(17)14-25-12-6-5-11-20(25)23-21/h1,3,5-6,8-9,11-13H,2,4,7,10,14H2. The fraction of sp³-hybridized carbons (Fsp3) is 0.227. The van der Waals surface area contributed by atoms with E-state index in [0.717, 1.165) is 41.2 Å². The molecule has 1 amide bonds. The quantitative estimate of drug-likeness (QED) is 0.738. The Labute approximate surface area is 162 Å². The summed E-state index contributed by atoms with van der Waals surface area (Å²) in [5.41, 5.74) is 3.37. The lowest BCUT2D eigenvalue weighted by molar-refractivity contribution is 0.101. The minimum absolute atomic E-state index is 0.188. The second-order valence-corrected chi connectivity index (χ2v) is 8.10. The van der Waals surface area contributed by atoms with Crippen molar-refractivity contribution in [2.75, 3.05) is 0 Å². The zero-order valence-corrected chi connectivity index (χ0v) is 15.7. The van der Waals surface area contributed by atoms with Crippen molar-refractivity contribution < 1.29 is 4.79 Å². The highest BCUT2D eigenvalue weighted by Crippen LogP contribution is 2.30. The van der Waals surface area contributed by atoms with Crippen molar-refractivity contribution in [1.29, 1.82) is 0 Å². The Hall–Kier alpha value is -2.79. The van der Waals surface area contributed by atoms with Gasteiger partial charge in [0.1, 0.15) is 5.84 Å². The first-order chi connectivity index (χ1) is 13.3. The first-order valence-corrected chi connectivity index (χ1v) is 10.1. The lowest BCUT2D eigenvalue weighted by Gasteiger charge is -2.20. The molecular weight excluding hydrogens is 354 g/mol. The fourth-order valence-electron chi connectivity index (χ4n) is 3.76. The van der Waals surface area contributed by atoms with E-state index in [1.807, 2.05) is 48.7 Å². The van der Waals surface area contributed by atoms with E-state index in [1.54, 1.807) is 11.3 Å². The molecule has 3 aliphatic rings. The molecule has 0 unspecified atom stereocenters. The molecule has 1 aliphatic carbocycles. The zero-order chi connectivity index (χ0) is 18.2. The van der Waals surface area contributed by atoms with Gasteiger partial charge in [0.25, 0.3) is 5.91 Å². The van der Waals surface area contributed by atoms with Crippen molar-refractivity contribution in [3.8, 4) is 0 Å². The van der Waals surface area contributed by atoms with Crippen molar-refractivity contribution in [3.05, 3.63) is 81.2 Å². The van der Waals surface area contributed by atoms with E-state index >= 15 is 0 Å². The Kier molecular flexibility index (Phi) is 4.09. The Morgan fingerprint density at radius 3 is 2.93 bits per heavy atom. The van der Waals surface area contributed by atoms with Crippen LogP contribution >= 0.6 is 11.3 Å². The normalized spacial score (nSPS) is 19.2. The molecule has 0 bridgehead atoms. The van der Waals surface area contributed by atoms with Gasteiger partial charge in [-0.25, -0.2) is 4.99 Å². The van der Waals surface area contributed by atoms with Gasteiger partial charge in [-0.3, -0.25) is 4.79 Å². The summed E-state index contributed by atoms with van der Waals surface area (Å²) in [5, 5.41) is 0. The average Bonchev–Trinajstić information content (AvgIpc) is 3.07. The average molecular weight is 373 g/mol. The highest BCUT2D eigenvalue weighted by molar-refractivity contribution is 7.14. The van der Waals surface area contributed by atoms with Crippen LogP contribution in [0.25, 0.3) is 0 Å². The molecule has 1 aromatic carbocycles. The molecule has 5 rings (SSSR count). The number of rotatable bonds is 1. The molecule has 0 saturated carbocycles. The molecule has 2 aromatic rings. The largest absolute Gasteiger partial charge is 0.329 e. The Morgan fingerprint density at radius 2 is 2.00 bits per heavy atom. The van der Waals surface area contributed by atoms with Crippen LogP contribution in [-0.2, 0) is 19.4 Å². The summed E-state index contributed by atoms with van der Waals surface area (Å²) in [6, 6.07) is 10.1. The maximum absolute atomic E-state index is 12.9. The Balaban J connectivity index is 1.57. The third-order valence-corrected chi connectivity index (χ3v) is 6.38. The molecule has 1 aromatic heterocycles. The van der Waals surface area contributed by atoms with Gasteiger partial charge in [-0.2, -0.15) is 4.99 Å². The third kappa shape index (κ3) is 3.08. The summed E-state index contributed by atoms with van der Waals surface area (Å²) < 4.78 is 0. The van der Waals surface area contributed by atoms with Crippen LogP contribution in [0, 0.1) is 0 Å². The number of amides is 1. The molecule has 0 spiro atoms. The van der Waals surface area contributed by atoms with E-state index in [4.69, 9.17) is 4.99 Å². The second kappa shape index (κ2) is 6.74. The summed E-state index contributed by atoms with van der Waals surface area (Å²) in [6.45, 7) is 0.719. The minimum Gasteiger partial charge on any atom is -0.329 e. The van der Waals surface area contributed by atoms with Gasteiger partial charge in [0.15, 0.2) is 5.84 Å². The predicted octanol–water partition coefficient (Wildman–Crippen LogP) is 4.51. The van der Waals surface area contributed by atoms with Crippen molar-refractivity contribution >= 4 is 28.9 Å². The lowest BCUT2D eigenvalue weighted by Crippen LogP contribution is -2.24. The van der Waals surface area contributed by atoms with Crippen LogP contribution in [0.3, 0.4) is 0 Å². The van der Waals surface area contributed by atoms with Crippen LogP contribution in [0.15, 0.2) is 64.7 Å². The van der Waals surface area contributed by atoms with Crippen molar-refractivity contribution in [3.63, 3.8) is 0 Å². The summed E-state index contributed by atoms with van der Waals surface area (Å²) in [5.74, 6) is 1.12. The summed E-state index contributed by atoms with van der Waals surface area (Å²) in [4.78, 5) is 26.3. The van der Waals surface area contributed by atoms with E-state index in [1.165, 1.54) is 23.3 Å².